The van der Waals surface area contributed by atoms with Crippen molar-refractivity contribution in [1.82, 2.24) is 10.2 Å². The van der Waals surface area contributed by atoms with E-state index in [4.69, 9.17) is 11.6 Å². The molecule has 1 fully saturated rings. The summed E-state index contributed by atoms with van der Waals surface area (Å²) >= 11 is 8.50. The zero-order valence-corrected chi connectivity index (χ0v) is 15.5. The second kappa shape index (κ2) is 8.18. The number of anilines is 1. The highest BCUT2D eigenvalue weighted by molar-refractivity contribution is 7.18. The molecule has 3 rings (SSSR count). The summed E-state index contributed by atoms with van der Waals surface area (Å²) in [5.41, 5.74) is 0. The molecule has 128 valence electrons. The number of nitrogens with zero attached hydrogens (tertiary/aromatic N) is 2. The number of hydrogen-bond donors (Lipinski definition) is 1. The van der Waals surface area contributed by atoms with Gasteiger partial charge in [0.15, 0.2) is 5.78 Å². The highest BCUT2D eigenvalue weighted by atomic mass is 35.5. The highest BCUT2D eigenvalue weighted by Gasteiger charge is 2.20. The van der Waals surface area contributed by atoms with Gasteiger partial charge in [0.1, 0.15) is 5.01 Å². The van der Waals surface area contributed by atoms with E-state index in [0.717, 1.165) is 17.8 Å². The number of carbonyl (C=O) groups is 2. The SMILES string of the molecule is O=C(CCC(=O)c1ccc(Cl)s1)Nc1nnc(C2CCCCC2)s1. The average molecular weight is 384 g/mol. The maximum Gasteiger partial charge on any atom is 0.226 e. The Hall–Kier alpha value is -1.31. The first kappa shape index (κ1) is 17.5. The van der Waals surface area contributed by atoms with Gasteiger partial charge >= 0.3 is 0 Å². The molecule has 0 radical (unpaired) electrons. The average Bonchev–Trinajstić information content (AvgIpc) is 3.23. The predicted octanol–water partition coefficient (Wildman–Crippen LogP) is 4.90. The Morgan fingerprint density at radius 3 is 2.62 bits per heavy atom. The first-order chi connectivity index (χ1) is 11.6. The first-order valence-electron chi connectivity index (χ1n) is 8.03. The molecule has 0 aromatic carbocycles. The number of Topliss-reactive ketones (excluding diaryl/α,β-unsaturated/α-hetero) is 1. The summed E-state index contributed by atoms with van der Waals surface area (Å²) in [6.45, 7) is 0. The van der Waals surface area contributed by atoms with Gasteiger partial charge in [0.2, 0.25) is 11.0 Å². The number of halogens is 1. The van der Waals surface area contributed by atoms with Gasteiger partial charge in [-0.25, -0.2) is 0 Å². The predicted molar refractivity (Wildman–Crippen MR) is 97.3 cm³/mol. The Kier molecular flexibility index (Phi) is 5.97. The van der Waals surface area contributed by atoms with Crippen LogP contribution in [0.4, 0.5) is 5.13 Å². The van der Waals surface area contributed by atoms with Gasteiger partial charge < -0.3 is 5.32 Å². The molecule has 1 saturated carbocycles. The first-order valence-corrected chi connectivity index (χ1v) is 10.0. The molecule has 2 heterocycles. The van der Waals surface area contributed by atoms with Crippen LogP contribution in [0, 0.1) is 0 Å². The molecule has 5 nitrogen and oxygen atoms in total. The quantitative estimate of drug-likeness (QED) is 0.720. The lowest BCUT2D eigenvalue weighted by atomic mass is 9.90. The maximum absolute atomic E-state index is 12.0. The molecule has 1 aliphatic carbocycles. The molecule has 24 heavy (non-hydrogen) atoms. The van der Waals surface area contributed by atoms with Crippen LogP contribution in [0.25, 0.3) is 0 Å². The molecule has 1 N–H and O–H groups in total. The van der Waals surface area contributed by atoms with Gasteiger partial charge in [-0.1, -0.05) is 42.2 Å². The molecule has 2 aromatic rings. The summed E-state index contributed by atoms with van der Waals surface area (Å²) in [6, 6.07) is 3.38. The van der Waals surface area contributed by atoms with E-state index in [1.165, 1.54) is 41.9 Å². The topological polar surface area (TPSA) is 72.0 Å². The summed E-state index contributed by atoms with van der Waals surface area (Å²) in [7, 11) is 0. The number of ketones is 1. The zero-order chi connectivity index (χ0) is 16.9. The van der Waals surface area contributed by atoms with Crippen molar-refractivity contribution in [1.29, 1.82) is 0 Å². The molecule has 0 unspecified atom stereocenters. The lowest BCUT2D eigenvalue weighted by molar-refractivity contribution is -0.116. The molecular weight excluding hydrogens is 366 g/mol. The summed E-state index contributed by atoms with van der Waals surface area (Å²) in [5, 5.41) is 12.5. The van der Waals surface area contributed by atoms with Crippen LogP contribution in [0.2, 0.25) is 4.34 Å². The van der Waals surface area contributed by atoms with Crippen LogP contribution in [0.15, 0.2) is 12.1 Å². The molecule has 8 heteroatoms. The van der Waals surface area contributed by atoms with Crippen molar-refractivity contribution in [3.8, 4) is 0 Å². The van der Waals surface area contributed by atoms with Crippen LogP contribution >= 0.6 is 34.3 Å². The van der Waals surface area contributed by atoms with Gasteiger partial charge in [-0.05, 0) is 25.0 Å². The smallest absolute Gasteiger partial charge is 0.226 e. The van der Waals surface area contributed by atoms with Crippen LogP contribution in [0.3, 0.4) is 0 Å². The largest absolute Gasteiger partial charge is 0.301 e. The highest BCUT2D eigenvalue weighted by Crippen LogP contribution is 2.35. The summed E-state index contributed by atoms with van der Waals surface area (Å²) in [4.78, 5) is 24.6. The fourth-order valence-corrected chi connectivity index (χ4v) is 4.73. The monoisotopic (exact) mass is 383 g/mol. The Bertz CT molecular complexity index is 722. The van der Waals surface area contributed by atoms with E-state index >= 15 is 0 Å². The van der Waals surface area contributed by atoms with Crippen LogP contribution in [0.5, 0.6) is 0 Å². The Balaban J connectivity index is 1.48. The molecule has 0 spiro atoms. The van der Waals surface area contributed by atoms with E-state index in [1.807, 2.05) is 0 Å². The second-order valence-electron chi connectivity index (χ2n) is 5.86. The van der Waals surface area contributed by atoms with Crippen molar-refractivity contribution < 1.29 is 9.59 Å². The molecule has 0 atom stereocenters. The molecule has 0 bridgehead atoms. The molecule has 1 aliphatic rings. The summed E-state index contributed by atoms with van der Waals surface area (Å²) < 4.78 is 0.576. The van der Waals surface area contributed by atoms with Crippen LogP contribution in [0.1, 0.15) is 65.5 Å². The summed E-state index contributed by atoms with van der Waals surface area (Å²) in [5.74, 6) is 0.201. The second-order valence-corrected chi connectivity index (χ2v) is 8.58. The van der Waals surface area contributed by atoms with Gasteiger partial charge in [0, 0.05) is 18.8 Å². The third-order valence-corrected chi connectivity index (χ3v) is 6.34. The number of carbonyl (C=O) groups excluding carboxylic acids is 2. The maximum atomic E-state index is 12.0. The minimum atomic E-state index is -0.211. The fourth-order valence-electron chi connectivity index (χ4n) is 2.80. The van der Waals surface area contributed by atoms with Gasteiger partial charge in [0.25, 0.3) is 0 Å². The van der Waals surface area contributed by atoms with Gasteiger partial charge in [-0.15, -0.1) is 21.5 Å². The Morgan fingerprint density at radius 2 is 1.92 bits per heavy atom. The number of amides is 1. The normalized spacial score (nSPS) is 15.4. The van der Waals surface area contributed by atoms with Gasteiger partial charge in [-0.3, -0.25) is 9.59 Å². The van der Waals surface area contributed by atoms with E-state index in [-0.39, 0.29) is 24.5 Å². The van der Waals surface area contributed by atoms with Crippen LogP contribution in [-0.2, 0) is 4.79 Å². The molecule has 0 aliphatic heterocycles. The van der Waals surface area contributed by atoms with E-state index in [9.17, 15) is 9.59 Å². The molecule has 1 amide bonds. The van der Waals surface area contributed by atoms with Crippen molar-refractivity contribution in [2.24, 2.45) is 0 Å². The van der Waals surface area contributed by atoms with E-state index in [0.29, 0.717) is 20.3 Å². The van der Waals surface area contributed by atoms with Crippen LogP contribution in [-0.4, -0.2) is 21.9 Å². The van der Waals surface area contributed by atoms with E-state index in [1.54, 1.807) is 12.1 Å². The number of rotatable bonds is 6. The minimum Gasteiger partial charge on any atom is -0.301 e. The number of nitrogens with one attached hydrogen (secondary N) is 1. The van der Waals surface area contributed by atoms with Crippen molar-refractivity contribution in [3.63, 3.8) is 0 Å². The van der Waals surface area contributed by atoms with Crippen molar-refractivity contribution >= 4 is 51.1 Å². The summed E-state index contributed by atoms with van der Waals surface area (Å²) in [6.07, 6.45) is 6.37. The molecular formula is C16H18ClN3O2S2. The lowest BCUT2D eigenvalue weighted by Crippen LogP contribution is -2.13. The lowest BCUT2D eigenvalue weighted by Gasteiger charge is -2.18. The fraction of sp³-hybridized carbons (Fsp3) is 0.500. The number of aromatic nitrogens is 2. The Labute approximate surface area is 153 Å². The third kappa shape index (κ3) is 4.62. The minimum absolute atomic E-state index is 0.0674. The zero-order valence-electron chi connectivity index (χ0n) is 13.1. The third-order valence-electron chi connectivity index (χ3n) is 4.07. The number of thiophene rings is 1. The van der Waals surface area contributed by atoms with Gasteiger partial charge in [-0.2, -0.15) is 0 Å². The van der Waals surface area contributed by atoms with Crippen molar-refractivity contribution in [2.75, 3.05) is 5.32 Å². The van der Waals surface area contributed by atoms with Gasteiger partial charge in [0.05, 0.1) is 9.21 Å². The molecule has 0 saturated heterocycles. The van der Waals surface area contributed by atoms with Crippen molar-refractivity contribution in [3.05, 3.63) is 26.4 Å². The van der Waals surface area contributed by atoms with Crippen molar-refractivity contribution in [2.45, 2.75) is 50.9 Å². The Morgan fingerprint density at radius 1 is 1.12 bits per heavy atom. The molecule has 2 aromatic heterocycles. The van der Waals surface area contributed by atoms with E-state index < -0.39 is 0 Å². The number of hydrogen-bond acceptors (Lipinski definition) is 6. The van der Waals surface area contributed by atoms with Crippen LogP contribution < -0.4 is 5.32 Å². The standard InChI is InChI=1S/C16H18ClN3O2S2/c17-13-8-7-12(23-13)11(21)6-9-14(22)18-16-20-19-15(24-16)10-4-2-1-3-5-10/h7-8,10H,1-6,9H2,(H,18,20,22). The van der Waals surface area contributed by atoms with E-state index in [2.05, 4.69) is 15.5 Å².